The lowest BCUT2D eigenvalue weighted by molar-refractivity contribution is 0.322. The van der Waals surface area contributed by atoms with Crippen LogP contribution in [0.4, 0.5) is 5.95 Å². The molecule has 0 saturated carbocycles. The van der Waals surface area contributed by atoms with Crippen molar-refractivity contribution in [1.82, 2.24) is 14.5 Å². The summed E-state index contributed by atoms with van der Waals surface area (Å²) >= 11 is 0. The molecule has 0 spiro atoms. The predicted octanol–water partition coefficient (Wildman–Crippen LogP) is 0.926. The number of aromatic nitrogens is 2. The molecule has 1 aromatic heterocycles. The van der Waals surface area contributed by atoms with Gasteiger partial charge in [0.2, 0.25) is 5.95 Å². The number of hydrogen-bond acceptors (Lipinski definition) is 3. The Balaban J connectivity index is 1.85. The Bertz CT molecular complexity index is 294. The van der Waals surface area contributed by atoms with Gasteiger partial charge in [-0.2, -0.15) is 0 Å². The zero-order chi connectivity index (χ0) is 9.97. The number of likely N-dealkylation sites (N-methyl/N-ethyl adjacent to an activating group) is 1. The Kier molecular flexibility index (Phi) is 2.72. The lowest BCUT2D eigenvalue weighted by Gasteiger charge is -2.19. The van der Waals surface area contributed by atoms with Gasteiger partial charge in [0.15, 0.2) is 0 Å². The standard InChI is InChI=1S/C10H18N4/c1-13-6-3-4-9(13)8-12-10-11-5-7-14(10)2/h5,7,9H,3-4,6,8H2,1-2H3,(H,11,12). The van der Waals surface area contributed by atoms with Gasteiger partial charge in [0.25, 0.3) is 0 Å². The summed E-state index contributed by atoms with van der Waals surface area (Å²) in [7, 11) is 4.20. The zero-order valence-electron chi connectivity index (χ0n) is 8.90. The summed E-state index contributed by atoms with van der Waals surface area (Å²) in [5.74, 6) is 0.963. The SMILES string of the molecule is CN1CCCC1CNc1nccn1C. The highest BCUT2D eigenvalue weighted by Crippen LogP contribution is 2.14. The van der Waals surface area contributed by atoms with Crippen molar-refractivity contribution < 1.29 is 0 Å². The van der Waals surface area contributed by atoms with E-state index in [-0.39, 0.29) is 0 Å². The average molecular weight is 194 g/mol. The Morgan fingerprint density at radius 3 is 3.00 bits per heavy atom. The van der Waals surface area contributed by atoms with Gasteiger partial charge in [-0.15, -0.1) is 0 Å². The Morgan fingerprint density at radius 1 is 1.57 bits per heavy atom. The molecule has 1 aliphatic heterocycles. The summed E-state index contributed by atoms with van der Waals surface area (Å²) < 4.78 is 2.01. The van der Waals surface area contributed by atoms with E-state index in [0.717, 1.165) is 12.5 Å². The highest BCUT2D eigenvalue weighted by Gasteiger charge is 2.20. The number of nitrogens with one attached hydrogen (secondary N) is 1. The second-order valence-corrected chi connectivity index (χ2v) is 4.02. The van der Waals surface area contributed by atoms with Crippen molar-refractivity contribution >= 4 is 5.95 Å². The van der Waals surface area contributed by atoms with E-state index in [9.17, 15) is 0 Å². The van der Waals surface area contributed by atoms with E-state index < -0.39 is 0 Å². The van der Waals surface area contributed by atoms with Gasteiger partial charge in [-0.05, 0) is 26.4 Å². The van der Waals surface area contributed by atoms with Crippen molar-refractivity contribution in [2.45, 2.75) is 18.9 Å². The average Bonchev–Trinajstić information content (AvgIpc) is 2.72. The van der Waals surface area contributed by atoms with Crippen molar-refractivity contribution in [3.63, 3.8) is 0 Å². The van der Waals surface area contributed by atoms with Gasteiger partial charge < -0.3 is 14.8 Å². The molecule has 0 bridgehead atoms. The molecular weight excluding hydrogens is 176 g/mol. The first-order valence-electron chi connectivity index (χ1n) is 5.19. The molecular formula is C10H18N4. The van der Waals surface area contributed by atoms with Gasteiger partial charge in [0.1, 0.15) is 0 Å². The fraction of sp³-hybridized carbons (Fsp3) is 0.700. The maximum Gasteiger partial charge on any atom is 0.202 e. The topological polar surface area (TPSA) is 33.1 Å². The van der Waals surface area contributed by atoms with Gasteiger partial charge >= 0.3 is 0 Å². The first kappa shape index (κ1) is 9.52. The van der Waals surface area contributed by atoms with Crippen LogP contribution >= 0.6 is 0 Å². The Labute approximate surface area is 84.9 Å². The molecule has 1 saturated heterocycles. The third-order valence-electron chi connectivity index (χ3n) is 2.99. The minimum Gasteiger partial charge on any atom is -0.354 e. The molecule has 1 aromatic rings. The summed E-state index contributed by atoms with van der Waals surface area (Å²) in [6.45, 7) is 2.23. The minimum atomic E-state index is 0.673. The first-order valence-corrected chi connectivity index (χ1v) is 5.19. The van der Waals surface area contributed by atoms with Crippen LogP contribution in [0.25, 0.3) is 0 Å². The Hall–Kier alpha value is -1.03. The van der Waals surface area contributed by atoms with Crippen molar-refractivity contribution in [2.24, 2.45) is 7.05 Å². The van der Waals surface area contributed by atoms with Crippen LogP contribution in [0.1, 0.15) is 12.8 Å². The maximum absolute atomic E-state index is 4.24. The predicted molar refractivity (Wildman–Crippen MR) is 57.3 cm³/mol. The van der Waals surface area contributed by atoms with Crippen LogP contribution in [-0.4, -0.2) is 40.6 Å². The number of aryl methyl sites for hydroxylation is 1. The van der Waals surface area contributed by atoms with Gasteiger partial charge in [0, 0.05) is 32.0 Å². The van der Waals surface area contributed by atoms with Crippen LogP contribution in [0.3, 0.4) is 0 Å². The summed E-state index contributed by atoms with van der Waals surface area (Å²) in [5, 5.41) is 3.38. The summed E-state index contributed by atoms with van der Waals surface area (Å²) in [6, 6.07) is 0.673. The fourth-order valence-corrected chi connectivity index (χ4v) is 1.98. The molecule has 2 rings (SSSR count). The van der Waals surface area contributed by atoms with Crippen molar-refractivity contribution in [1.29, 1.82) is 0 Å². The maximum atomic E-state index is 4.24. The van der Waals surface area contributed by atoms with E-state index in [1.807, 2.05) is 24.0 Å². The molecule has 14 heavy (non-hydrogen) atoms. The van der Waals surface area contributed by atoms with E-state index in [1.54, 1.807) is 0 Å². The number of anilines is 1. The first-order chi connectivity index (χ1) is 6.77. The molecule has 78 valence electrons. The molecule has 4 heteroatoms. The van der Waals surface area contributed by atoms with Gasteiger partial charge in [-0.1, -0.05) is 0 Å². The number of likely N-dealkylation sites (tertiary alicyclic amines) is 1. The molecule has 1 atom stereocenters. The monoisotopic (exact) mass is 194 g/mol. The molecule has 0 radical (unpaired) electrons. The van der Waals surface area contributed by atoms with E-state index in [4.69, 9.17) is 0 Å². The molecule has 4 nitrogen and oxygen atoms in total. The molecule has 2 heterocycles. The lowest BCUT2D eigenvalue weighted by Crippen LogP contribution is -2.32. The van der Waals surface area contributed by atoms with Crippen LogP contribution in [0.5, 0.6) is 0 Å². The quantitative estimate of drug-likeness (QED) is 0.777. The molecule has 1 aliphatic rings. The zero-order valence-corrected chi connectivity index (χ0v) is 8.90. The van der Waals surface area contributed by atoms with Crippen LogP contribution in [0.15, 0.2) is 12.4 Å². The van der Waals surface area contributed by atoms with Gasteiger partial charge in [0.05, 0.1) is 0 Å². The number of imidazole rings is 1. The smallest absolute Gasteiger partial charge is 0.202 e. The molecule has 1 N–H and O–H groups in total. The molecule has 1 fully saturated rings. The second kappa shape index (κ2) is 4.00. The van der Waals surface area contributed by atoms with Gasteiger partial charge in [-0.25, -0.2) is 4.98 Å². The van der Waals surface area contributed by atoms with Gasteiger partial charge in [-0.3, -0.25) is 0 Å². The van der Waals surface area contributed by atoms with Crippen LogP contribution in [0, 0.1) is 0 Å². The Morgan fingerprint density at radius 2 is 2.43 bits per heavy atom. The third kappa shape index (κ3) is 1.90. The minimum absolute atomic E-state index is 0.673. The fourth-order valence-electron chi connectivity index (χ4n) is 1.98. The highest BCUT2D eigenvalue weighted by molar-refractivity contribution is 5.25. The van der Waals surface area contributed by atoms with Crippen molar-refractivity contribution in [3.8, 4) is 0 Å². The highest BCUT2D eigenvalue weighted by atomic mass is 15.2. The van der Waals surface area contributed by atoms with Crippen LogP contribution in [-0.2, 0) is 7.05 Å². The van der Waals surface area contributed by atoms with E-state index >= 15 is 0 Å². The third-order valence-corrected chi connectivity index (χ3v) is 2.99. The number of rotatable bonds is 3. The molecule has 1 unspecified atom stereocenters. The number of hydrogen-bond donors (Lipinski definition) is 1. The molecule has 0 aliphatic carbocycles. The van der Waals surface area contributed by atoms with E-state index in [2.05, 4.69) is 22.2 Å². The normalized spacial score (nSPS) is 22.9. The number of nitrogens with zero attached hydrogens (tertiary/aromatic N) is 3. The molecule has 0 amide bonds. The van der Waals surface area contributed by atoms with Crippen LogP contribution in [0.2, 0.25) is 0 Å². The van der Waals surface area contributed by atoms with E-state index in [1.165, 1.54) is 19.4 Å². The summed E-state index contributed by atoms with van der Waals surface area (Å²) in [6.07, 6.45) is 6.40. The van der Waals surface area contributed by atoms with Crippen molar-refractivity contribution in [3.05, 3.63) is 12.4 Å². The van der Waals surface area contributed by atoms with Crippen molar-refractivity contribution in [2.75, 3.05) is 25.5 Å². The lowest BCUT2D eigenvalue weighted by atomic mass is 10.2. The van der Waals surface area contributed by atoms with E-state index in [0.29, 0.717) is 6.04 Å². The molecule has 0 aromatic carbocycles. The summed E-state index contributed by atoms with van der Waals surface area (Å²) in [5.41, 5.74) is 0. The summed E-state index contributed by atoms with van der Waals surface area (Å²) in [4.78, 5) is 6.65. The second-order valence-electron chi connectivity index (χ2n) is 4.02. The largest absolute Gasteiger partial charge is 0.354 e. The van der Waals surface area contributed by atoms with Crippen LogP contribution < -0.4 is 5.32 Å².